The van der Waals surface area contributed by atoms with E-state index in [9.17, 15) is 9.59 Å². The van der Waals surface area contributed by atoms with Crippen molar-refractivity contribution in [2.75, 3.05) is 5.32 Å². The van der Waals surface area contributed by atoms with Crippen molar-refractivity contribution < 1.29 is 14.3 Å². The Balaban J connectivity index is 1.67. The first-order valence-electron chi connectivity index (χ1n) is 7.66. The van der Waals surface area contributed by atoms with Crippen molar-refractivity contribution in [2.45, 2.75) is 13.0 Å². The van der Waals surface area contributed by atoms with Gasteiger partial charge in [0, 0.05) is 11.9 Å². The van der Waals surface area contributed by atoms with E-state index in [1.165, 1.54) is 19.2 Å². The molecule has 25 heavy (non-hydrogen) atoms. The van der Waals surface area contributed by atoms with E-state index in [-0.39, 0.29) is 10.7 Å². The van der Waals surface area contributed by atoms with E-state index in [4.69, 9.17) is 16.3 Å². The molecule has 1 atom stereocenters. The van der Waals surface area contributed by atoms with E-state index in [2.05, 4.69) is 10.3 Å². The second-order valence-corrected chi connectivity index (χ2v) is 5.80. The zero-order valence-corrected chi connectivity index (χ0v) is 14.2. The average Bonchev–Trinajstić information content (AvgIpc) is 2.61. The van der Waals surface area contributed by atoms with E-state index in [0.717, 1.165) is 10.8 Å². The summed E-state index contributed by atoms with van der Waals surface area (Å²) in [5.41, 5.74) is 0.750. The highest BCUT2D eigenvalue weighted by Gasteiger charge is 2.21. The lowest BCUT2D eigenvalue weighted by atomic mass is 10.1. The van der Waals surface area contributed by atoms with Crippen molar-refractivity contribution in [1.29, 1.82) is 0 Å². The predicted octanol–water partition coefficient (Wildman–Crippen LogP) is 4.07. The van der Waals surface area contributed by atoms with Gasteiger partial charge in [0.15, 0.2) is 6.10 Å². The number of aromatic nitrogens is 1. The largest absolute Gasteiger partial charge is 0.449 e. The normalized spacial score (nSPS) is 11.8. The molecule has 126 valence electrons. The van der Waals surface area contributed by atoms with Gasteiger partial charge < -0.3 is 10.1 Å². The van der Waals surface area contributed by atoms with Crippen LogP contribution in [-0.4, -0.2) is 23.0 Å². The number of rotatable bonds is 4. The third kappa shape index (κ3) is 3.95. The van der Waals surface area contributed by atoms with Crippen LogP contribution >= 0.6 is 11.6 Å². The van der Waals surface area contributed by atoms with Crippen molar-refractivity contribution in [3.63, 3.8) is 0 Å². The number of amides is 1. The van der Waals surface area contributed by atoms with Gasteiger partial charge in [0.05, 0.1) is 5.56 Å². The quantitative estimate of drug-likeness (QED) is 0.566. The van der Waals surface area contributed by atoms with Gasteiger partial charge in [0.2, 0.25) is 0 Å². The van der Waals surface area contributed by atoms with Crippen molar-refractivity contribution in [2.24, 2.45) is 0 Å². The van der Waals surface area contributed by atoms with E-state index >= 15 is 0 Å². The maximum absolute atomic E-state index is 12.3. The molecule has 0 saturated heterocycles. The van der Waals surface area contributed by atoms with E-state index in [0.29, 0.717) is 5.69 Å². The van der Waals surface area contributed by atoms with Gasteiger partial charge in [0.25, 0.3) is 5.91 Å². The van der Waals surface area contributed by atoms with Crippen molar-refractivity contribution in [3.05, 3.63) is 71.5 Å². The number of halogens is 1. The number of ether oxygens (including phenoxy) is 1. The lowest BCUT2D eigenvalue weighted by Gasteiger charge is -2.14. The summed E-state index contributed by atoms with van der Waals surface area (Å²) in [4.78, 5) is 28.2. The number of nitrogens with one attached hydrogen (secondary N) is 1. The third-order valence-electron chi connectivity index (χ3n) is 3.65. The first kappa shape index (κ1) is 16.9. The van der Waals surface area contributed by atoms with Crippen LogP contribution in [0, 0.1) is 0 Å². The first-order valence-corrected chi connectivity index (χ1v) is 8.03. The van der Waals surface area contributed by atoms with Gasteiger partial charge in [-0.3, -0.25) is 4.79 Å². The van der Waals surface area contributed by atoms with Crippen LogP contribution in [0.1, 0.15) is 17.3 Å². The molecule has 1 N–H and O–H groups in total. The Bertz CT molecular complexity index is 943. The minimum Gasteiger partial charge on any atom is -0.449 e. The van der Waals surface area contributed by atoms with Crippen LogP contribution in [0.25, 0.3) is 10.8 Å². The Labute approximate surface area is 149 Å². The number of fused-ring (bicyclic) bond motifs is 1. The molecule has 1 heterocycles. The zero-order valence-electron chi connectivity index (χ0n) is 13.4. The van der Waals surface area contributed by atoms with Gasteiger partial charge in [-0.1, -0.05) is 41.9 Å². The molecule has 0 aliphatic carbocycles. The number of carbonyl (C=O) groups is 2. The summed E-state index contributed by atoms with van der Waals surface area (Å²) < 4.78 is 5.16. The molecule has 5 nitrogen and oxygen atoms in total. The standard InChI is InChI=1S/C19H15ClN2O3/c1-12(25-19(24)16-7-4-10-21-17(16)20)18(23)22-15-9-8-13-5-2-3-6-14(13)11-15/h2-12H,1H3,(H,22,23)/t12-/m1/s1. The van der Waals surface area contributed by atoms with Crippen LogP contribution in [0.3, 0.4) is 0 Å². The van der Waals surface area contributed by atoms with Crippen LogP contribution in [-0.2, 0) is 9.53 Å². The minimum absolute atomic E-state index is 0.0367. The summed E-state index contributed by atoms with van der Waals surface area (Å²) in [5, 5.41) is 4.86. The number of anilines is 1. The topological polar surface area (TPSA) is 68.3 Å². The number of benzene rings is 2. The fourth-order valence-corrected chi connectivity index (χ4v) is 2.52. The molecule has 2 aromatic carbocycles. The first-order chi connectivity index (χ1) is 12.0. The molecule has 0 aliphatic rings. The summed E-state index contributed by atoms with van der Waals surface area (Å²) in [5.74, 6) is -1.12. The Morgan fingerprint density at radius 1 is 1.08 bits per heavy atom. The Morgan fingerprint density at radius 3 is 2.60 bits per heavy atom. The molecule has 0 spiro atoms. The van der Waals surface area contributed by atoms with Crippen LogP contribution in [0.5, 0.6) is 0 Å². The predicted molar refractivity (Wildman–Crippen MR) is 96.7 cm³/mol. The molecule has 0 radical (unpaired) electrons. The fraction of sp³-hybridized carbons (Fsp3) is 0.105. The van der Waals surface area contributed by atoms with Gasteiger partial charge in [-0.2, -0.15) is 0 Å². The van der Waals surface area contributed by atoms with Gasteiger partial charge in [-0.15, -0.1) is 0 Å². The molecule has 3 rings (SSSR count). The summed E-state index contributed by atoms with van der Waals surface area (Å²) >= 11 is 5.85. The van der Waals surface area contributed by atoms with Gasteiger partial charge in [-0.25, -0.2) is 9.78 Å². The smallest absolute Gasteiger partial charge is 0.342 e. The fourth-order valence-electron chi connectivity index (χ4n) is 2.33. The lowest BCUT2D eigenvalue weighted by molar-refractivity contribution is -0.123. The van der Waals surface area contributed by atoms with Crippen LogP contribution in [0.15, 0.2) is 60.8 Å². The summed E-state index contributed by atoms with van der Waals surface area (Å²) in [6, 6.07) is 16.5. The number of carbonyl (C=O) groups excluding carboxylic acids is 2. The van der Waals surface area contributed by atoms with Gasteiger partial charge in [-0.05, 0) is 42.0 Å². The lowest BCUT2D eigenvalue weighted by Crippen LogP contribution is -2.30. The maximum atomic E-state index is 12.3. The molecular formula is C19H15ClN2O3. The number of hydrogen-bond donors (Lipinski definition) is 1. The summed E-state index contributed by atoms with van der Waals surface area (Å²) in [6.45, 7) is 1.50. The highest BCUT2D eigenvalue weighted by Crippen LogP contribution is 2.19. The van der Waals surface area contributed by atoms with E-state index < -0.39 is 18.0 Å². The molecule has 1 aromatic heterocycles. The Hall–Kier alpha value is -2.92. The number of hydrogen-bond acceptors (Lipinski definition) is 4. The highest BCUT2D eigenvalue weighted by molar-refractivity contribution is 6.32. The van der Waals surface area contributed by atoms with Gasteiger partial charge in [0.1, 0.15) is 5.15 Å². The highest BCUT2D eigenvalue weighted by atomic mass is 35.5. The van der Waals surface area contributed by atoms with Gasteiger partial charge >= 0.3 is 5.97 Å². The monoisotopic (exact) mass is 354 g/mol. The minimum atomic E-state index is -0.977. The second-order valence-electron chi connectivity index (χ2n) is 5.44. The zero-order chi connectivity index (χ0) is 17.8. The molecule has 0 bridgehead atoms. The second kappa shape index (κ2) is 7.32. The van der Waals surface area contributed by atoms with Crippen molar-refractivity contribution in [1.82, 2.24) is 4.98 Å². The SMILES string of the molecule is C[C@@H](OC(=O)c1cccnc1Cl)C(=O)Nc1ccc2ccccc2c1. The van der Waals surface area contributed by atoms with Crippen LogP contribution < -0.4 is 5.32 Å². The average molecular weight is 355 g/mol. The third-order valence-corrected chi connectivity index (χ3v) is 3.95. The molecule has 3 aromatic rings. The van der Waals surface area contributed by atoms with E-state index in [1.54, 1.807) is 12.1 Å². The molecule has 1 amide bonds. The molecule has 0 saturated carbocycles. The summed E-state index contributed by atoms with van der Waals surface area (Å²) in [6.07, 6.45) is 0.491. The summed E-state index contributed by atoms with van der Waals surface area (Å²) in [7, 11) is 0. The molecule has 0 unspecified atom stereocenters. The molecule has 0 aliphatic heterocycles. The molecule has 6 heteroatoms. The number of pyridine rings is 1. The van der Waals surface area contributed by atoms with Crippen LogP contribution in [0.4, 0.5) is 5.69 Å². The Kier molecular flexibility index (Phi) is 4.95. The van der Waals surface area contributed by atoms with Crippen molar-refractivity contribution in [3.8, 4) is 0 Å². The molecular weight excluding hydrogens is 340 g/mol. The molecule has 0 fully saturated rings. The van der Waals surface area contributed by atoms with Crippen LogP contribution in [0.2, 0.25) is 5.15 Å². The maximum Gasteiger partial charge on any atom is 0.342 e. The van der Waals surface area contributed by atoms with E-state index in [1.807, 2.05) is 36.4 Å². The van der Waals surface area contributed by atoms with Crippen molar-refractivity contribution >= 4 is 39.9 Å². The Morgan fingerprint density at radius 2 is 1.84 bits per heavy atom. The number of esters is 1. The number of nitrogens with zero attached hydrogens (tertiary/aromatic N) is 1.